The molecule has 8 nitrogen and oxygen atoms in total. The summed E-state index contributed by atoms with van der Waals surface area (Å²) in [4.78, 5) is 0. The minimum atomic E-state index is -4.57. The van der Waals surface area contributed by atoms with Crippen molar-refractivity contribution in [2.45, 2.75) is 259 Å². The Hall–Kier alpha value is 1.000. The SMILES string of the molecule is CCCCCCCCCCC(CCCCCCCCCC)COS(=O)(=O)[O-].CCCCCCCCCCC(CCCCCCCCCC)COS(=O)(=O)[O-].[Ca+2]. The zero-order chi connectivity index (χ0) is 40.4. The fourth-order valence-electron chi connectivity index (χ4n) is 7.25. The molecular weight excluding hydrogens is 761 g/mol. The quantitative estimate of drug-likeness (QED) is 0.0257. The third-order valence-electron chi connectivity index (χ3n) is 10.8. The fraction of sp³-hybridized carbons (Fsp3) is 1.00. The van der Waals surface area contributed by atoms with Crippen molar-refractivity contribution in [3.05, 3.63) is 0 Å². The third-order valence-corrected chi connectivity index (χ3v) is 11.6. The molecule has 0 aromatic carbocycles. The zero-order valence-electron chi connectivity index (χ0n) is 36.8. The van der Waals surface area contributed by atoms with Gasteiger partial charge in [0.1, 0.15) is 0 Å². The second kappa shape index (κ2) is 46.1. The van der Waals surface area contributed by atoms with E-state index in [9.17, 15) is 25.9 Å². The number of unbranched alkanes of at least 4 members (excludes halogenated alkanes) is 28. The summed E-state index contributed by atoms with van der Waals surface area (Å²) in [7, 11) is -9.13. The summed E-state index contributed by atoms with van der Waals surface area (Å²) in [5.41, 5.74) is 0. The summed E-state index contributed by atoms with van der Waals surface area (Å²) < 4.78 is 73.7. The Balaban J connectivity index is -0.000000966. The van der Waals surface area contributed by atoms with Crippen LogP contribution in [0.5, 0.6) is 0 Å². The summed E-state index contributed by atoms with van der Waals surface area (Å²) in [6, 6.07) is 0. The smallest absolute Gasteiger partial charge is 0.726 e. The first-order valence-electron chi connectivity index (χ1n) is 23.2. The Morgan fingerprint density at radius 1 is 0.327 bits per heavy atom. The Bertz CT molecular complexity index is 833. The molecule has 0 atom stereocenters. The van der Waals surface area contributed by atoms with Gasteiger partial charge in [0.25, 0.3) is 0 Å². The van der Waals surface area contributed by atoms with Crippen LogP contribution in [0.2, 0.25) is 0 Å². The van der Waals surface area contributed by atoms with Crippen molar-refractivity contribution in [3.63, 3.8) is 0 Å². The van der Waals surface area contributed by atoms with Crippen molar-refractivity contribution >= 4 is 58.5 Å². The van der Waals surface area contributed by atoms with Crippen LogP contribution in [0.3, 0.4) is 0 Å². The van der Waals surface area contributed by atoms with Crippen molar-refractivity contribution < 1.29 is 34.3 Å². The van der Waals surface area contributed by atoms with Crippen LogP contribution in [0, 0.1) is 11.8 Å². The first-order valence-corrected chi connectivity index (χ1v) is 25.9. The summed E-state index contributed by atoms with van der Waals surface area (Å²) in [6.07, 6.45) is 44.5. The number of hydrogen-bond acceptors (Lipinski definition) is 8. The maximum Gasteiger partial charge on any atom is 2.00 e. The molecular formula is C44H90CaO8S2. The Morgan fingerprint density at radius 2 is 0.491 bits per heavy atom. The molecule has 328 valence electrons. The molecule has 0 saturated heterocycles. The van der Waals surface area contributed by atoms with Crippen molar-refractivity contribution in [2.75, 3.05) is 13.2 Å². The molecule has 0 fully saturated rings. The van der Waals surface area contributed by atoms with E-state index in [2.05, 4.69) is 36.1 Å². The van der Waals surface area contributed by atoms with Gasteiger partial charge in [0, 0.05) is 0 Å². The van der Waals surface area contributed by atoms with Gasteiger partial charge >= 0.3 is 37.7 Å². The van der Waals surface area contributed by atoms with E-state index in [0.717, 1.165) is 51.4 Å². The number of hydrogen-bond donors (Lipinski definition) is 0. The molecule has 0 amide bonds. The second-order valence-electron chi connectivity index (χ2n) is 16.2. The van der Waals surface area contributed by atoms with E-state index in [1.807, 2.05) is 0 Å². The average molecular weight is 851 g/mol. The van der Waals surface area contributed by atoms with E-state index in [-0.39, 0.29) is 62.8 Å². The Labute approximate surface area is 373 Å². The van der Waals surface area contributed by atoms with Gasteiger partial charge in [-0.2, -0.15) is 0 Å². The summed E-state index contributed by atoms with van der Waals surface area (Å²) in [5.74, 6) is 0.405. The maximum absolute atomic E-state index is 10.8. The summed E-state index contributed by atoms with van der Waals surface area (Å²) in [5, 5.41) is 0. The Morgan fingerprint density at radius 3 is 0.655 bits per heavy atom. The predicted octanol–water partition coefficient (Wildman–Crippen LogP) is 13.9. The number of rotatable bonds is 42. The van der Waals surface area contributed by atoms with Crippen LogP contribution >= 0.6 is 0 Å². The summed E-state index contributed by atoms with van der Waals surface area (Å²) >= 11 is 0. The van der Waals surface area contributed by atoms with Crippen LogP contribution in [-0.2, 0) is 29.2 Å². The maximum atomic E-state index is 10.8. The van der Waals surface area contributed by atoms with Gasteiger partial charge in [-0.3, -0.25) is 8.37 Å². The van der Waals surface area contributed by atoms with Crippen LogP contribution in [0.25, 0.3) is 0 Å². The van der Waals surface area contributed by atoms with Crippen molar-refractivity contribution in [1.29, 1.82) is 0 Å². The van der Waals surface area contributed by atoms with E-state index in [1.54, 1.807) is 0 Å². The van der Waals surface area contributed by atoms with Crippen LogP contribution < -0.4 is 0 Å². The fourth-order valence-corrected chi connectivity index (χ4v) is 7.97. The molecule has 0 bridgehead atoms. The van der Waals surface area contributed by atoms with Gasteiger partial charge < -0.3 is 9.11 Å². The van der Waals surface area contributed by atoms with Crippen LogP contribution in [0.4, 0.5) is 0 Å². The molecule has 0 radical (unpaired) electrons. The molecule has 0 N–H and O–H groups in total. The molecule has 0 spiro atoms. The normalized spacial score (nSPS) is 11.9. The van der Waals surface area contributed by atoms with E-state index < -0.39 is 20.8 Å². The van der Waals surface area contributed by atoms with Gasteiger partial charge in [-0.1, -0.05) is 233 Å². The molecule has 0 aliphatic carbocycles. The van der Waals surface area contributed by atoms with Gasteiger partial charge in [-0.15, -0.1) is 0 Å². The van der Waals surface area contributed by atoms with Gasteiger partial charge in [0.15, 0.2) is 0 Å². The van der Waals surface area contributed by atoms with Crippen LogP contribution in [0.15, 0.2) is 0 Å². The molecule has 0 aromatic heterocycles. The predicted molar refractivity (Wildman–Crippen MR) is 233 cm³/mol. The minimum Gasteiger partial charge on any atom is -0.726 e. The van der Waals surface area contributed by atoms with Gasteiger partial charge in [-0.05, 0) is 37.5 Å². The summed E-state index contributed by atoms with van der Waals surface area (Å²) in [6.45, 7) is 9.07. The standard InChI is InChI=1S/2C22H46O4S.Ca/c2*1-3-5-7-9-11-13-15-17-19-22(21-26-27(23,24)25)20-18-16-14-12-10-8-6-4-2;/h2*22H,3-21H2,1-2H3,(H,23,24,25);/q;;+2/p-2. The van der Waals surface area contributed by atoms with Crippen molar-refractivity contribution in [3.8, 4) is 0 Å². The van der Waals surface area contributed by atoms with Crippen LogP contribution in [0.1, 0.15) is 259 Å². The molecule has 0 heterocycles. The largest absolute Gasteiger partial charge is 2.00 e. The van der Waals surface area contributed by atoms with E-state index >= 15 is 0 Å². The molecule has 0 aromatic rings. The Kier molecular flexibility index (Phi) is 50.5. The zero-order valence-corrected chi connectivity index (χ0v) is 40.7. The monoisotopic (exact) mass is 851 g/mol. The first kappa shape index (κ1) is 60.3. The molecule has 55 heavy (non-hydrogen) atoms. The first-order chi connectivity index (χ1) is 26.0. The average Bonchev–Trinajstić information content (AvgIpc) is 3.12. The van der Waals surface area contributed by atoms with Gasteiger partial charge in [-0.25, -0.2) is 16.8 Å². The molecule has 0 unspecified atom stereocenters. The minimum absolute atomic E-state index is 0. The molecule has 0 saturated carbocycles. The van der Waals surface area contributed by atoms with Crippen LogP contribution in [-0.4, -0.2) is 76.9 Å². The van der Waals surface area contributed by atoms with Gasteiger partial charge in [0.2, 0.25) is 20.8 Å². The topological polar surface area (TPSA) is 133 Å². The van der Waals surface area contributed by atoms with E-state index in [4.69, 9.17) is 0 Å². The van der Waals surface area contributed by atoms with Gasteiger partial charge in [0.05, 0.1) is 13.2 Å². The second-order valence-corrected chi connectivity index (χ2v) is 18.3. The van der Waals surface area contributed by atoms with E-state index in [0.29, 0.717) is 0 Å². The molecule has 11 heteroatoms. The van der Waals surface area contributed by atoms with Crippen molar-refractivity contribution in [2.24, 2.45) is 11.8 Å². The molecule has 0 aliphatic rings. The molecule has 0 rings (SSSR count). The van der Waals surface area contributed by atoms with E-state index in [1.165, 1.54) is 180 Å². The van der Waals surface area contributed by atoms with Crippen molar-refractivity contribution in [1.82, 2.24) is 0 Å². The molecule has 0 aliphatic heterocycles. The third kappa shape index (κ3) is 55.0.